The van der Waals surface area contributed by atoms with Crippen molar-refractivity contribution < 1.29 is 28.8 Å². The Kier molecular flexibility index (Phi) is 10.9. The number of carbonyl (C=O) groups excluding carboxylic acids is 1. The smallest absolute Gasteiger partial charge is 0.189 e. The zero-order valence-corrected chi connectivity index (χ0v) is 21.7. The average molecular weight is 457 g/mol. The van der Waals surface area contributed by atoms with Crippen LogP contribution < -0.4 is 4.74 Å². The summed E-state index contributed by atoms with van der Waals surface area (Å²) in [6.07, 6.45) is 0.504. The molecule has 0 saturated heterocycles. The second-order valence-electron chi connectivity index (χ2n) is 10.3. The first-order valence-corrected chi connectivity index (χ1v) is 17.9. The van der Waals surface area contributed by atoms with Crippen LogP contribution in [0.5, 0.6) is 5.75 Å². The van der Waals surface area contributed by atoms with Crippen molar-refractivity contribution in [3.63, 3.8) is 0 Å². The molecule has 0 radical (unpaired) electrons. The molecule has 1 atom stereocenters. The van der Waals surface area contributed by atoms with E-state index in [1.54, 1.807) is 12.1 Å². The van der Waals surface area contributed by atoms with Gasteiger partial charge in [0.15, 0.2) is 13.1 Å². The Hall–Kier alpha value is -1.04. The molecule has 0 aliphatic carbocycles. The lowest BCUT2D eigenvalue weighted by Gasteiger charge is -2.22. The fraction of sp³-hybridized carbons (Fsp3) is 0.682. The van der Waals surface area contributed by atoms with Crippen LogP contribution >= 0.6 is 0 Å². The number of rotatable bonds is 15. The van der Waals surface area contributed by atoms with Crippen LogP contribution in [0.25, 0.3) is 0 Å². The maximum Gasteiger partial charge on any atom is 0.189 e. The average Bonchev–Trinajstić information content (AvgIpc) is 2.62. The maximum absolute atomic E-state index is 11.3. The van der Waals surface area contributed by atoms with E-state index in [4.69, 9.17) is 18.9 Å². The highest BCUT2D eigenvalue weighted by Crippen LogP contribution is 2.30. The third-order valence-electron chi connectivity index (χ3n) is 4.55. The van der Waals surface area contributed by atoms with E-state index in [1.165, 1.54) is 6.92 Å². The molecule has 1 rings (SSSR count). The van der Waals surface area contributed by atoms with Gasteiger partial charge in [-0.3, -0.25) is 4.79 Å². The number of aliphatic hydroxyl groups is 1. The molecule has 0 amide bonds. The minimum absolute atomic E-state index is 0.0660. The number of aldehydes is 1. The van der Waals surface area contributed by atoms with Crippen molar-refractivity contribution >= 4 is 22.4 Å². The van der Waals surface area contributed by atoms with E-state index in [9.17, 15) is 9.90 Å². The van der Waals surface area contributed by atoms with Crippen LogP contribution in [0, 0.1) is 0 Å². The summed E-state index contributed by atoms with van der Waals surface area (Å²) < 4.78 is 22.5. The van der Waals surface area contributed by atoms with E-state index >= 15 is 0 Å². The highest BCUT2D eigenvalue weighted by Gasteiger charge is 2.26. The largest absolute Gasteiger partial charge is 0.467 e. The molecule has 172 valence electrons. The minimum atomic E-state index is -1.63. The van der Waals surface area contributed by atoms with Crippen molar-refractivity contribution in [3.05, 3.63) is 29.3 Å². The first-order chi connectivity index (χ1) is 13.8. The highest BCUT2D eigenvalue weighted by molar-refractivity contribution is 6.76. The Bertz CT molecular complexity index is 650. The Morgan fingerprint density at radius 1 is 0.933 bits per heavy atom. The lowest BCUT2D eigenvalue weighted by molar-refractivity contribution is -0.123. The quantitative estimate of drug-likeness (QED) is 0.180. The second kappa shape index (κ2) is 12.1. The van der Waals surface area contributed by atoms with Crippen molar-refractivity contribution in [1.29, 1.82) is 0 Å². The summed E-state index contributed by atoms with van der Waals surface area (Å²) in [5.41, 5.74) is -0.361. The molecule has 0 aliphatic rings. The van der Waals surface area contributed by atoms with Crippen molar-refractivity contribution in [3.8, 4) is 5.75 Å². The molecular formula is C22H40O6Si2. The summed E-state index contributed by atoms with van der Waals surface area (Å²) in [4.78, 5) is 11.3. The summed E-state index contributed by atoms with van der Waals surface area (Å²) in [6.45, 7) is 17.2. The molecule has 0 fully saturated rings. The van der Waals surface area contributed by atoms with Gasteiger partial charge in [-0.05, 0) is 30.6 Å². The molecule has 0 saturated carbocycles. The Labute approximate surface area is 183 Å². The van der Waals surface area contributed by atoms with Crippen LogP contribution in [-0.4, -0.2) is 54.3 Å². The standard InChI is InChI=1S/C22H40O6Si2/c1-22(24,16-23)20-9-8-19(15-27-17-25-10-12-29(2,3)4)14-21(20)28-18-26-11-13-30(5,6)7/h8-9,14,16,24H,10-13,15,17-18H2,1-7H3/t22-/m1/s1. The predicted octanol–water partition coefficient (Wildman–Crippen LogP) is 4.61. The summed E-state index contributed by atoms with van der Waals surface area (Å²) in [6, 6.07) is 7.42. The Morgan fingerprint density at radius 3 is 2.03 bits per heavy atom. The van der Waals surface area contributed by atoms with Gasteiger partial charge in [0, 0.05) is 34.9 Å². The molecule has 0 heterocycles. The number of hydrogen-bond acceptors (Lipinski definition) is 6. The van der Waals surface area contributed by atoms with Crippen molar-refractivity contribution in [2.24, 2.45) is 0 Å². The monoisotopic (exact) mass is 456 g/mol. The number of benzene rings is 1. The van der Waals surface area contributed by atoms with E-state index in [0.29, 0.717) is 37.4 Å². The molecule has 6 nitrogen and oxygen atoms in total. The van der Waals surface area contributed by atoms with Gasteiger partial charge in [0.2, 0.25) is 0 Å². The summed E-state index contributed by atoms with van der Waals surface area (Å²) in [5.74, 6) is 0.417. The Morgan fingerprint density at radius 2 is 1.50 bits per heavy atom. The molecule has 0 unspecified atom stereocenters. The number of ether oxygens (including phenoxy) is 4. The van der Waals surface area contributed by atoms with Crippen molar-refractivity contribution in [1.82, 2.24) is 0 Å². The predicted molar refractivity (Wildman–Crippen MR) is 125 cm³/mol. The molecule has 1 aromatic carbocycles. The summed E-state index contributed by atoms with van der Waals surface area (Å²) in [5, 5.41) is 10.4. The normalized spacial score (nSPS) is 14.4. The lowest BCUT2D eigenvalue weighted by atomic mass is 9.95. The topological polar surface area (TPSA) is 74.2 Å². The van der Waals surface area contributed by atoms with E-state index in [1.807, 2.05) is 6.07 Å². The van der Waals surface area contributed by atoms with Crippen LogP contribution in [0.2, 0.25) is 51.4 Å². The van der Waals surface area contributed by atoms with Crippen LogP contribution in [0.3, 0.4) is 0 Å². The Balaban J connectivity index is 2.63. The zero-order valence-electron chi connectivity index (χ0n) is 19.7. The van der Waals surface area contributed by atoms with Gasteiger partial charge in [-0.15, -0.1) is 0 Å². The fourth-order valence-corrected chi connectivity index (χ4v) is 3.97. The van der Waals surface area contributed by atoms with Crippen LogP contribution in [0.4, 0.5) is 0 Å². The molecule has 0 aliphatic heterocycles. The number of carbonyl (C=O) groups is 1. The third-order valence-corrected chi connectivity index (χ3v) is 7.96. The molecule has 0 spiro atoms. The van der Waals surface area contributed by atoms with Crippen molar-refractivity contribution in [2.45, 2.75) is 70.5 Å². The van der Waals surface area contributed by atoms with E-state index < -0.39 is 21.7 Å². The van der Waals surface area contributed by atoms with E-state index in [-0.39, 0.29) is 13.6 Å². The van der Waals surface area contributed by atoms with Crippen LogP contribution in [-0.2, 0) is 31.2 Å². The van der Waals surface area contributed by atoms with Gasteiger partial charge in [0.1, 0.15) is 18.1 Å². The van der Waals surface area contributed by atoms with Gasteiger partial charge in [-0.1, -0.05) is 51.4 Å². The fourth-order valence-electron chi connectivity index (χ4n) is 2.46. The third kappa shape index (κ3) is 11.4. The number of hydrogen-bond donors (Lipinski definition) is 1. The highest BCUT2D eigenvalue weighted by atomic mass is 28.3. The SMILES string of the molecule is C[C@@](O)(C=O)c1ccc(COCOCC[Si](C)(C)C)cc1OCOCC[Si](C)(C)C. The summed E-state index contributed by atoms with van der Waals surface area (Å²) in [7, 11) is -2.28. The zero-order chi connectivity index (χ0) is 22.8. The lowest BCUT2D eigenvalue weighted by Crippen LogP contribution is -2.25. The van der Waals surface area contributed by atoms with Gasteiger partial charge in [0.25, 0.3) is 0 Å². The molecule has 8 heteroatoms. The molecule has 1 N–H and O–H groups in total. The first-order valence-electron chi connectivity index (χ1n) is 10.5. The minimum Gasteiger partial charge on any atom is -0.467 e. The molecular weight excluding hydrogens is 416 g/mol. The van der Waals surface area contributed by atoms with Gasteiger partial charge in [-0.2, -0.15) is 0 Å². The van der Waals surface area contributed by atoms with Gasteiger partial charge in [0.05, 0.1) is 6.61 Å². The second-order valence-corrected chi connectivity index (χ2v) is 21.5. The van der Waals surface area contributed by atoms with Crippen LogP contribution in [0.1, 0.15) is 18.1 Å². The summed E-state index contributed by atoms with van der Waals surface area (Å²) >= 11 is 0. The van der Waals surface area contributed by atoms with Crippen LogP contribution in [0.15, 0.2) is 18.2 Å². The van der Waals surface area contributed by atoms with Gasteiger partial charge in [-0.25, -0.2) is 0 Å². The van der Waals surface area contributed by atoms with Crippen molar-refractivity contribution in [2.75, 3.05) is 26.8 Å². The maximum atomic E-state index is 11.3. The van der Waals surface area contributed by atoms with E-state index in [2.05, 4.69) is 39.3 Å². The molecule has 30 heavy (non-hydrogen) atoms. The molecule has 1 aromatic rings. The molecule has 0 aromatic heterocycles. The first kappa shape index (κ1) is 27.0. The molecule has 0 bridgehead atoms. The van der Waals surface area contributed by atoms with E-state index in [0.717, 1.165) is 17.7 Å². The van der Waals surface area contributed by atoms with Gasteiger partial charge >= 0.3 is 0 Å². The van der Waals surface area contributed by atoms with Gasteiger partial charge < -0.3 is 24.1 Å².